The number of carbonyl (C=O) groups excluding carboxylic acids is 1. The molecule has 0 bridgehead atoms. The van der Waals surface area contributed by atoms with Gasteiger partial charge in [-0.2, -0.15) is 5.01 Å². The molecule has 0 unspecified atom stereocenters. The van der Waals surface area contributed by atoms with Crippen molar-refractivity contribution in [3.8, 4) is 5.75 Å². The van der Waals surface area contributed by atoms with Crippen molar-refractivity contribution in [2.24, 2.45) is 10.2 Å². The standard InChI is InChI=1S/C21H14Cl2N4O2/c22-16-10-6-14(7-11-16)19-24-25-20(15-8-12-17(23)13-9-15)27(26-19)21(28)29-18-4-2-1-3-5-18/h1-13H,(H,24,26). The molecule has 1 heterocycles. The number of halogens is 2. The SMILES string of the molecule is O=C(Oc1ccccc1)N1NC(c2ccc(Cl)cc2)=NN=C1c1ccc(Cl)cc1. The lowest BCUT2D eigenvalue weighted by atomic mass is 10.2. The van der Waals surface area contributed by atoms with Crippen LogP contribution in [0.3, 0.4) is 0 Å². The smallest absolute Gasteiger partial charge is 0.409 e. The molecule has 0 spiro atoms. The van der Waals surface area contributed by atoms with Crippen LogP contribution in [-0.2, 0) is 0 Å². The van der Waals surface area contributed by atoms with Crippen LogP contribution in [0.15, 0.2) is 89.1 Å². The van der Waals surface area contributed by atoms with E-state index in [0.717, 1.165) is 0 Å². The quantitative estimate of drug-likeness (QED) is 0.634. The summed E-state index contributed by atoms with van der Waals surface area (Å²) in [6, 6.07) is 22.7. The molecule has 0 fully saturated rings. The predicted molar refractivity (Wildman–Crippen MR) is 113 cm³/mol. The third-order valence-electron chi connectivity index (χ3n) is 4.03. The molecule has 1 amide bonds. The number of carbonyl (C=O) groups is 1. The molecule has 1 N–H and O–H groups in total. The first-order valence-electron chi connectivity index (χ1n) is 8.61. The summed E-state index contributed by atoms with van der Waals surface area (Å²) in [5.74, 6) is 1.06. The van der Waals surface area contributed by atoms with E-state index in [4.69, 9.17) is 27.9 Å². The maximum absolute atomic E-state index is 12.9. The highest BCUT2D eigenvalue weighted by molar-refractivity contribution is 6.31. The van der Waals surface area contributed by atoms with Gasteiger partial charge in [0.1, 0.15) is 5.75 Å². The summed E-state index contributed by atoms with van der Waals surface area (Å²) in [7, 11) is 0. The van der Waals surface area contributed by atoms with E-state index in [2.05, 4.69) is 15.6 Å². The molecule has 144 valence electrons. The van der Waals surface area contributed by atoms with Crippen LogP contribution in [0, 0.1) is 0 Å². The van der Waals surface area contributed by atoms with Gasteiger partial charge < -0.3 is 4.74 Å². The molecule has 0 radical (unpaired) electrons. The van der Waals surface area contributed by atoms with Crippen LogP contribution < -0.4 is 10.2 Å². The third kappa shape index (κ3) is 4.39. The molecule has 0 aliphatic carbocycles. The number of nitrogens with zero attached hydrogens (tertiary/aromatic N) is 3. The normalized spacial score (nSPS) is 13.2. The lowest BCUT2D eigenvalue weighted by molar-refractivity contribution is 0.169. The van der Waals surface area contributed by atoms with Crippen molar-refractivity contribution < 1.29 is 9.53 Å². The van der Waals surface area contributed by atoms with Crippen LogP contribution in [-0.4, -0.2) is 22.8 Å². The Hall–Kier alpha value is -3.35. The molecule has 0 aromatic heterocycles. The fraction of sp³-hybridized carbons (Fsp3) is 0. The number of hydrazine groups is 1. The van der Waals surface area contributed by atoms with E-state index in [1.54, 1.807) is 72.8 Å². The summed E-state index contributed by atoms with van der Waals surface area (Å²) in [5, 5.41) is 10.8. The van der Waals surface area contributed by atoms with E-state index in [1.807, 2.05) is 6.07 Å². The monoisotopic (exact) mass is 424 g/mol. The van der Waals surface area contributed by atoms with Crippen LogP contribution >= 0.6 is 23.2 Å². The zero-order valence-electron chi connectivity index (χ0n) is 14.9. The molecule has 0 atom stereocenters. The summed E-state index contributed by atoms with van der Waals surface area (Å²) in [6.07, 6.45) is -0.661. The molecule has 3 aromatic rings. The van der Waals surface area contributed by atoms with Crippen molar-refractivity contribution in [3.63, 3.8) is 0 Å². The molecular formula is C21H14Cl2N4O2. The number of hydrogen-bond acceptors (Lipinski definition) is 5. The minimum atomic E-state index is -0.661. The minimum absolute atomic E-state index is 0.278. The van der Waals surface area contributed by atoms with Crippen LogP contribution in [0.2, 0.25) is 10.0 Å². The van der Waals surface area contributed by atoms with Gasteiger partial charge in [-0.3, -0.25) is 5.43 Å². The fourth-order valence-corrected chi connectivity index (χ4v) is 2.86. The van der Waals surface area contributed by atoms with E-state index < -0.39 is 6.09 Å². The van der Waals surface area contributed by atoms with Crippen molar-refractivity contribution in [3.05, 3.63) is 100 Å². The number of para-hydroxylation sites is 1. The number of amides is 1. The highest BCUT2D eigenvalue weighted by atomic mass is 35.5. The van der Waals surface area contributed by atoms with E-state index in [1.165, 1.54) is 5.01 Å². The second kappa shape index (κ2) is 8.34. The molecule has 4 rings (SSSR count). The maximum atomic E-state index is 12.9. The summed E-state index contributed by atoms with van der Waals surface area (Å²) < 4.78 is 5.47. The first kappa shape index (κ1) is 19.0. The minimum Gasteiger partial charge on any atom is -0.409 e. The molecule has 8 heteroatoms. The summed E-state index contributed by atoms with van der Waals surface area (Å²) >= 11 is 11.9. The van der Waals surface area contributed by atoms with Crippen molar-refractivity contribution in [1.82, 2.24) is 10.4 Å². The van der Waals surface area contributed by atoms with Gasteiger partial charge in [0.2, 0.25) is 0 Å². The predicted octanol–water partition coefficient (Wildman–Crippen LogP) is 5.12. The lowest BCUT2D eigenvalue weighted by Gasteiger charge is -2.27. The van der Waals surface area contributed by atoms with Crippen molar-refractivity contribution in [2.45, 2.75) is 0 Å². The number of amidine groups is 2. The Kier molecular flexibility index (Phi) is 5.46. The molecule has 0 saturated carbocycles. The number of hydrogen-bond donors (Lipinski definition) is 1. The number of nitrogens with one attached hydrogen (secondary N) is 1. The Morgan fingerprint density at radius 1 is 0.793 bits per heavy atom. The van der Waals surface area contributed by atoms with Gasteiger partial charge in [-0.15, -0.1) is 10.2 Å². The molecule has 0 saturated heterocycles. The molecular weight excluding hydrogens is 411 g/mol. The highest BCUT2D eigenvalue weighted by Gasteiger charge is 2.28. The van der Waals surface area contributed by atoms with E-state index in [-0.39, 0.29) is 5.84 Å². The Balaban J connectivity index is 1.68. The molecule has 1 aliphatic heterocycles. The van der Waals surface area contributed by atoms with Crippen molar-refractivity contribution >= 4 is 41.0 Å². The summed E-state index contributed by atoms with van der Waals surface area (Å²) in [5.41, 5.74) is 4.33. The number of benzene rings is 3. The largest absolute Gasteiger partial charge is 0.440 e. The van der Waals surface area contributed by atoms with Crippen molar-refractivity contribution in [1.29, 1.82) is 0 Å². The summed E-state index contributed by atoms with van der Waals surface area (Å²) in [4.78, 5) is 12.9. The van der Waals surface area contributed by atoms with E-state index in [0.29, 0.717) is 32.8 Å². The van der Waals surface area contributed by atoms with Gasteiger partial charge in [-0.25, -0.2) is 4.79 Å². The Morgan fingerprint density at radius 3 is 2.00 bits per heavy atom. The van der Waals surface area contributed by atoms with Gasteiger partial charge in [-0.05, 0) is 60.7 Å². The second-order valence-corrected chi connectivity index (χ2v) is 6.89. The maximum Gasteiger partial charge on any atom is 0.440 e. The Morgan fingerprint density at radius 2 is 1.38 bits per heavy atom. The van der Waals surface area contributed by atoms with Crippen LogP contribution in [0.1, 0.15) is 11.1 Å². The average molecular weight is 425 g/mol. The topological polar surface area (TPSA) is 66.3 Å². The summed E-state index contributed by atoms with van der Waals surface area (Å²) in [6.45, 7) is 0. The Bertz CT molecular complexity index is 1080. The fourth-order valence-electron chi connectivity index (χ4n) is 2.61. The van der Waals surface area contributed by atoms with Crippen LogP contribution in [0.25, 0.3) is 0 Å². The van der Waals surface area contributed by atoms with Gasteiger partial charge in [0, 0.05) is 21.2 Å². The van der Waals surface area contributed by atoms with Crippen LogP contribution in [0.5, 0.6) is 5.75 Å². The van der Waals surface area contributed by atoms with Gasteiger partial charge in [0.05, 0.1) is 0 Å². The van der Waals surface area contributed by atoms with Gasteiger partial charge >= 0.3 is 6.09 Å². The highest BCUT2D eigenvalue weighted by Crippen LogP contribution is 2.18. The van der Waals surface area contributed by atoms with E-state index >= 15 is 0 Å². The molecule has 6 nitrogen and oxygen atoms in total. The molecule has 1 aliphatic rings. The zero-order chi connectivity index (χ0) is 20.2. The number of ether oxygens (including phenoxy) is 1. The van der Waals surface area contributed by atoms with Gasteiger partial charge in [0.25, 0.3) is 0 Å². The van der Waals surface area contributed by atoms with Gasteiger partial charge in [-0.1, -0.05) is 41.4 Å². The first-order chi connectivity index (χ1) is 14.1. The molecule has 3 aromatic carbocycles. The average Bonchev–Trinajstić information content (AvgIpc) is 2.75. The lowest BCUT2D eigenvalue weighted by Crippen LogP contribution is -2.53. The van der Waals surface area contributed by atoms with Crippen LogP contribution in [0.4, 0.5) is 4.79 Å². The van der Waals surface area contributed by atoms with Gasteiger partial charge in [0.15, 0.2) is 11.7 Å². The third-order valence-corrected chi connectivity index (χ3v) is 4.53. The van der Waals surface area contributed by atoms with Crippen molar-refractivity contribution in [2.75, 3.05) is 0 Å². The van der Waals surface area contributed by atoms with E-state index in [9.17, 15) is 4.79 Å². The number of rotatable bonds is 3. The zero-order valence-corrected chi connectivity index (χ0v) is 16.4. The molecule has 29 heavy (non-hydrogen) atoms. The Labute approximate surface area is 177 Å². The second-order valence-electron chi connectivity index (χ2n) is 6.01. The first-order valence-corrected chi connectivity index (χ1v) is 9.37.